The zero-order valence-electron chi connectivity index (χ0n) is 15.8. The van der Waals surface area contributed by atoms with E-state index in [9.17, 15) is 9.59 Å². The fourth-order valence-electron chi connectivity index (χ4n) is 2.44. The Hall–Kier alpha value is -2.82. The first-order valence-electron chi connectivity index (χ1n) is 8.91. The molecule has 0 saturated heterocycles. The summed E-state index contributed by atoms with van der Waals surface area (Å²) in [6.07, 6.45) is 0.882. The van der Waals surface area contributed by atoms with Crippen molar-refractivity contribution in [3.8, 4) is 0 Å². The largest absolute Gasteiger partial charge is 0.376 e. The third-order valence-corrected chi connectivity index (χ3v) is 4.46. The molecule has 0 radical (unpaired) electrons. The Morgan fingerprint density at radius 2 is 1.73 bits per heavy atom. The smallest absolute Gasteiger partial charge is 0.251 e. The molecule has 0 bridgehead atoms. The summed E-state index contributed by atoms with van der Waals surface area (Å²) >= 11 is 0. The van der Waals surface area contributed by atoms with Gasteiger partial charge in [-0.3, -0.25) is 9.59 Å². The molecule has 3 N–H and O–H groups in total. The van der Waals surface area contributed by atoms with Crippen LogP contribution in [0.3, 0.4) is 0 Å². The van der Waals surface area contributed by atoms with Crippen LogP contribution in [-0.2, 0) is 4.79 Å². The third kappa shape index (κ3) is 5.34. The van der Waals surface area contributed by atoms with E-state index in [0.29, 0.717) is 11.3 Å². The summed E-state index contributed by atoms with van der Waals surface area (Å²) in [5, 5.41) is 8.90. The summed E-state index contributed by atoms with van der Waals surface area (Å²) in [7, 11) is 0. The number of hydrogen-bond donors (Lipinski definition) is 3. The van der Waals surface area contributed by atoms with E-state index in [-0.39, 0.29) is 24.4 Å². The Bertz CT molecular complexity index is 769. The molecule has 0 saturated carbocycles. The van der Waals surface area contributed by atoms with E-state index >= 15 is 0 Å². The van der Waals surface area contributed by atoms with Gasteiger partial charge in [-0.05, 0) is 68.7 Å². The molecule has 0 aliphatic heterocycles. The predicted octanol–water partition coefficient (Wildman–Crippen LogP) is 3.88. The highest BCUT2D eigenvalue weighted by atomic mass is 16.2. The van der Waals surface area contributed by atoms with Crippen molar-refractivity contribution in [3.05, 3.63) is 59.2 Å². The fraction of sp³-hybridized carbons (Fsp3) is 0.333. The molecule has 138 valence electrons. The van der Waals surface area contributed by atoms with Gasteiger partial charge in [0.25, 0.3) is 5.91 Å². The van der Waals surface area contributed by atoms with Gasteiger partial charge in [-0.15, -0.1) is 0 Å². The highest BCUT2D eigenvalue weighted by Crippen LogP contribution is 2.17. The minimum atomic E-state index is -0.136. The van der Waals surface area contributed by atoms with Crippen molar-refractivity contribution < 1.29 is 9.59 Å². The van der Waals surface area contributed by atoms with Crippen LogP contribution < -0.4 is 16.0 Å². The summed E-state index contributed by atoms with van der Waals surface area (Å²) in [6, 6.07) is 13.0. The van der Waals surface area contributed by atoms with Crippen LogP contribution in [0.4, 0.5) is 11.4 Å². The van der Waals surface area contributed by atoms with E-state index in [1.54, 1.807) is 24.3 Å². The summed E-state index contributed by atoms with van der Waals surface area (Å²) in [5.41, 5.74) is 4.52. The molecule has 2 aromatic carbocycles. The van der Waals surface area contributed by atoms with Crippen LogP contribution in [0, 0.1) is 13.8 Å². The quantitative estimate of drug-likeness (QED) is 0.707. The Kier molecular flexibility index (Phi) is 6.78. The lowest BCUT2D eigenvalue weighted by molar-refractivity contribution is -0.114. The average Bonchev–Trinajstić information content (AvgIpc) is 2.63. The van der Waals surface area contributed by atoms with E-state index in [0.717, 1.165) is 17.7 Å². The second kappa shape index (κ2) is 9.04. The lowest BCUT2D eigenvalue weighted by Crippen LogP contribution is -2.31. The molecule has 26 heavy (non-hydrogen) atoms. The van der Waals surface area contributed by atoms with E-state index in [4.69, 9.17) is 0 Å². The molecule has 5 nitrogen and oxygen atoms in total. The summed E-state index contributed by atoms with van der Waals surface area (Å²) in [5.74, 6) is -0.239. The number of carbonyl (C=O) groups excluding carboxylic acids is 2. The van der Waals surface area contributed by atoms with Gasteiger partial charge in [-0.2, -0.15) is 0 Å². The highest BCUT2D eigenvalue weighted by molar-refractivity contribution is 5.96. The Labute approximate surface area is 155 Å². The maximum absolute atomic E-state index is 12.1. The number of nitrogens with one attached hydrogen (secondary N) is 3. The van der Waals surface area contributed by atoms with Crippen LogP contribution in [-0.4, -0.2) is 24.4 Å². The Morgan fingerprint density at radius 3 is 2.38 bits per heavy atom. The van der Waals surface area contributed by atoms with Gasteiger partial charge in [0.05, 0.1) is 6.54 Å². The first-order valence-corrected chi connectivity index (χ1v) is 8.91. The van der Waals surface area contributed by atoms with Crippen LogP contribution in [0.15, 0.2) is 42.5 Å². The number of benzene rings is 2. The fourth-order valence-corrected chi connectivity index (χ4v) is 2.44. The first kappa shape index (κ1) is 19.5. The molecular weight excluding hydrogens is 326 g/mol. The monoisotopic (exact) mass is 353 g/mol. The molecule has 0 heterocycles. The van der Waals surface area contributed by atoms with E-state index in [2.05, 4.69) is 16.0 Å². The van der Waals surface area contributed by atoms with Crippen molar-refractivity contribution in [2.75, 3.05) is 17.2 Å². The molecule has 2 aromatic rings. The number of anilines is 2. The van der Waals surface area contributed by atoms with E-state index in [1.807, 2.05) is 45.9 Å². The molecular formula is C21H27N3O2. The predicted molar refractivity (Wildman–Crippen MR) is 107 cm³/mol. The topological polar surface area (TPSA) is 70.2 Å². The minimum Gasteiger partial charge on any atom is -0.376 e. The van der Waals surface area contributed by atoms with Crippen molar-refractivity contribution in [2.45, 2.75) is 40.2 Å². The van der Waals surface area contributed by atoms with Crippen molar-refractivity contribution in [2.24, 2.45) is 0 Å². The van der Waals surface area contributed by atoms with Gasteiger partial charge in [0.2, 0.25) is 5.91 Å². The van der Waals surface area contributed by atoms with Crippen LogP contribution in [0.5, 0.6) is 0 Å². The van der Waals surface area contributed by atoms with Gasteiger partial charge >= 0.3 is 0 Å². The van der Waals surface area contributed by atoms with Crippen LogP contribution in [0.2, 0.25) is 0 Å². The molecule has 2 rings (SSSR count). The molecule has 5 heteroatoms. The van der Waals surface area contributed by atoms with Crippen molar-refractivity contribution in [1.29, 1.82) is 0 Å². The van der Waals surface area contributed by atoms with Gasteiger partial charge in [-0.25, -0.2) is 0 Å². The van der Waals surface area contributed by atoms with Gasteiger partial charge in [0.15, 0.2) is 0 Å². The SMILES string of the molecule is CCC(C)NC(=O)c1ccc(NC(=O)CNc2cccc(C)c2C)cc1. The Balaban J connectivity index is 1.89. The zero-order valence-corrected chi connectivity index (χ0v) is 15.8. The highest BCUT2D eigenvalue weighted by Gasteiger charge is 2.09. The molecule has 0 aromatic heterocycles. The summed E-state index contributed by atoms with van der Waals surface area (Å²) in [6.45, 7) is 8.24. The average molecular weight is 353 g/mol. The third-order valence-electron chi connectivity index (χ3n) is 4.46. The van der Waals surface area contributed by atoms with Crippen molar-refractivity contribution in [3.63, 3.8) is 0 Å². The van der Waals surface area contributed by atoms with Gasteiger partial charge in [-0.1, -0.05) is 19.1 Å². The number of carbonyl (C=O) groups is 2. The summed E-state index contributed by atoms with van der Waals surface area (Å²) in [4.78, 5) is 24.2. The zero-order chi connectivity index (χ0) is 19.1. The maximum atomic E-state index is 12.1. The molecule has 0 aliphatic rings. The second-order valence-corrected chi connectivity index (χ2v) is 6.51. The standard InChI is InChI=1S/C21H27N3O2/c1-5-15(3)23-21(26)17-9-11-18(12-10-17)24-20(25)13-22-19-8-6-7-14(2)16(19)4/h6-12,15,22H,5,13H2,1-4H3,(H,23,26)(H,24,25). The number of hydrogen-bond acceptors (Lipinski definition) is 3. The lowest BCUT2D eigenvalue weighted by Gasteiger charge is -2.13. The number of amides is 2. The van der Waals surface area contributed by atoms with Gasteiger partial charge in [0, 0.05) is 23.0 Å². The molecule has 2 amide bonds. The molecule has 0 fully saturated rings. The van der Waals surface area contributed by atoms with Gasteiger partial charge < -0.3 is 16.0 Å². The van der Waals surface area contributed by atoms with Crippen LogP contribution >= 0.6 is 0 Å². The van der Waals surface area contributed by atoms with E-state index < -0.39 is 0 Å². The second-order valence-electron chi connectivity index (χ2n) is 6.51. The first-order chi connectivity index (χ1) is 12.4. The van der Waals surface area contributed by atoms with Crippen molar-refractivity contribution >= 4 is 23.2 Å². The molecule has 0 spiro atoms. The van der Waals surface area contributed by atoms with Crippen LogP contribution in [0.25, 0.3) is 0 Å². The van der Waals surface area contributed by atoms with Gasteiger partial charge in [0.1, 0.15) is 0 Å². The van der Waals surface area contributed by atoms with Crippen molar-refractivity contribution in [1.82, 2.24) is 5.32 Å². The maximum Gasteiger partial charge on any atom is 0.251 e. The van der Waals surface area contributed by atoms with E-state index in [1.165, 1.54) is 5.56 Å². The number of aryl methyl sites for hydroxylation is 1. The molecule has 1 unspecified atom stereocenters. The Morgan fingerprint density at radius 1 is 1.04 bits per heavy atom. The normalized spacial score (nSPS) is 11.5. The molecule has 0 aliphatic carbocycles. The molecule has 1 atom stereocenters. The minimum absolute atomic E-state index is 0.103. The lowest BCUT2D eigenvalue weighted by atomic mass is 10.1. The van der Waals surface area contributed by atoms with Crippen LogP contribution in [0.1, 0.15) is 41.8 Å². The number of rotatable bonds is 7. The summed E-state index contributed by atoms with van der Waals surface area (Å²) < 4.78 is 0.